The first-order chi connectivity index (χ1) is 12.1. The molecule has 0 aliphatic heterocycles. The standard InChI is InChI=1S/2C3H6N6.2Mg.H4O7P2/c2*4-1-7-2(5)9-3(6)8-1;;;1-8(2,3)7-9(4,5)6/h2*(H6,4,5,6,7,8,9);;;(H2,1,2,3)(H2,4,5,6)/q;;2*+2;/p-4. The van der Waals surface area contributed by atoms with Gasteiger partial charge in [-0.1, -0.05) is 0 Å². The van der Waals surface area contributed by atoms with Crippen LogP contribution in [0.1, 0.15) is 0 Å². The summed E-state index contributed by atoms with van der Waals surface area (Å²) in [7, 11) is -11.4. The summed E-state index contributed by atoms with van der Waals surface area (Å²) < 4.78 is 21.2. The molecule has 0 saturated carbocycles. The fourth-order valence-electron chi connectivity index (χ4n) is 0.977. The summed E-state index contributed by atoms with van der Waals surface area (Å²) in [6, 6.07) is 0. The fraction of sp³-hybridized carbons (Fsp3) is 0. The Kier molecular flexibility index (Phi) is 15.3. The molecule has 0 bridgehead atoms. The van der Waals surface area contributed by atoms with Gasteiger partial charge in [0.05, 0.1) is 15.6 Å². The minimum Gasteiger partial charge on any atom is -0.790 e. The first kappa shape index (κ1) is 32.3. The molecule has 152 valence electrons. The van der Waals surface area contributed by atoms with Gasteiger partial charge in [0.2, 0.25) is 35.7 Å². The van der Waals surface area contributed by atoms with Crippen molar-refractivity contribution < 1.29 is 33.0 Å². The van der Waals surface area contributed by atoms with Crippen molar-refractivity contribution in [1.82, 2.24) is 29.9 Å². The van der Waals surface area contributed by atoms with Crippen LogP contribution in [0.4, 0.5) is 35.7 Å². The van der Waals surface area contributed by atoms with Crippen LogP contribution in [0.3, 0.4) is 0 Å². The molecule has 0 aliphatic carbocycles. The van der Waals surface area contributed by atoms with E-state index >= 15 is 0 Å². The van der Waals surface area contributed by atoms with Crippen molar-refractivity contribution in [2.24, 2.45) is 0 Å². The van der Waals surface area contributed by atoms with E-state index in [1.807, 2.05) is 0 Å². The van der Waals surface area contributed by atoms with Crippen molar-refractivity contribution in [3.8, 4) is 0 Å². The molecule has 0 spiro atoms. The van der Waals surface area contributed by atoms with E-state index in [1.165, 1.54) is 0 Å². The summed E-state index contributed by atoms with van der Waals surface area (Å²) in [4.78, 5) is 58.2. The van der Waals surface area contributed by atoms with Gasteiger partial charge in [0.15, 0.2) is 0 Å². The second kappa shape index (κ2) is 13.8. The Hall–Kier alpha value is -1.39. The molecule has 0 unspecified atom stereocenters. The zero-order valence-electron chi connectivity index (χ0n) is 14.3. The Morgan fingerprint density at radius 1 is 0.517 bits per heavy atom. The molecule has 0 aliphatic rings. The zero-order valence-corrected chi connectivity index (χ0v) is 18.9. The van der Waals surface area contributed by atoms with Crippen LogP contribution < -0.4 is 54.0 Å². The monoisotopic (exact) mass is 474 g/mol. The van der Waals surface area contributed by atoms with Crippen LogP contribution >= 0.6 is 15.6 Å². The molecule has 2 aromatic rings. The second-order valence-corrected chi connectivity index (χ2v) is 6.24. The van der Waals surface area contributed by atoms with E-state index in [-0.39, 0.29) is 81.8 Å². The molecule has 0 saturated heterocycles. The maximum Gasteiger partial charge on any atom is 2.00 e. The predicted octanol–water partition coefficient (Wildman–Crippen LogP) is -6.86. The van der Waals surface area contributed by atoms with Gasteiger partial charge in [-0.25, -0.2) is 0 Å². The Bertz CT molecular complexity index is 694. The number of rotatable bonds is 2. The summed E-state index contributed by atoms with van der Waals surface area (Å²) >= 11 is 0. The van der Waals surface area contributed by atoms with Gasteiger partial charge in [-0.3, -0.25) is 0 Å². The van der Waals surface area contributed by atoms with Crippen molar-refractivity contribution in [2.45, 2.75) is 0 Å². The molecular weight excluding hydrogens is 463 g/mol. The van der Waals surface area contributed by atoms with Gasteiger partial charge in [-0.05, 0) is 0 Å². The minimum atomic E-state index is -5.68. The summed E-state index contributed by atoms with van der Waals surface area (Å²) in [6.07, 6.45) is 0. The number of aromatic nitrogens is 6. The molecule has 19 nitrogen and oxygen atoms in total. The molecule has 0 amide bonds. The molecule has 0 radical (unpaired) electrons. The quantitative estimate of drug-likeness (QED) is 0.173. The largest absolute Gasteiger partial charge is 2.00 e. The van der Waals surface area contributed by atoms with Crippen LogP contribution in [0.5, 0.6) is 0 Å². The fourth-order valence-corrected chi connectivity index (χ4v) is 1.96. The number of hydrogen-bond acceptors (Lipinski definition) is 19. The number of nitrogen functional groups attached to an aromatic ring is 6. The minimum absolute atomic E-state index is 0. The number of nitrogens with zero attached hydrogens (tertiary/aromatic N) is 6. The Balaban J connectivity index is -0.000000338. The van der Waals surface area contributed by atoms with Crippen LogP contribution in [-0.2, 0) is 13.4 Å². The second-order valence-electron chi connectivity index (χ2n) is 3.80. The normalized spacial score (nSPS) is 10.1. The van der Waals surface area contributed by atoms with Gasteiger partial charge in [-0.2, -0.15) is 29.9 Å². The first-order valence-electron chi connectivity index (χ1n) is 5.88. The zero-order chi connectivity index (χ0) is 21.4. The van der Waals surface area contributed by atoms with Crippen molar-refractivity contribution in [3.63, 3.8) is 0 Å². The number of phosphoric acid groups is 2. The van der Waals surface area contributed by atoms with Gasteiger partial charge in [0, 0.05) is 0 Å². The average Bonchev–Trinajstić information content (AvgIpc) is 2.31. The Morgan fingerprint density at radius 3 is 0.724 bits per heavy atom. The van der Waals surface area contributed by atoms with E-state index in [0.29, 0.717) is 0 Å². The van der Waals surface area contributed by atoms with Gasteiger partial charge in [0.1, 0.15) is 0 Å². The third kappa shape index (κ3) is 19.7. The molecule has 23 heteroatoms. The molecule has 2 heterocycles. The van der Waals surface area contributed by atoms with E-state index in [2.05, 4.69) is 34.2 Å². The SMILES string of the molecule is Nc1nc(N)nc(N)n1.Nc1nc(N)nc(N)n1.O=P([O-])([O-])OP(=O)([O-])[O-].[Mg+2].[Mg+2]. The molecule has 0 atom stereocenters. The van der Waals surface area contributed by atoms with Crippen LogP contribution in [0.2, 0.25) is 0 Å². The topological polar surface area (TPSA) is 369 Å². The van der Waals surface area contributed by atoms with Gasteiger partial charge < -0.3 is 67.4 Å². The van der Waals surface area contributed by atoms with Gasteiger partial charge in [-0.15, -0.1) is 0 Å². The summed E-state index contributed by atoms with van der Waals surface area (Å²) in [6.45, 7) is 0. The summed E-state index contributed by atoms with van der Waals surface area (Å²) in [5, 5.41) is 0. The van der Waals surface area contributed by atoms with Gasteiger partial charge in [0.25, 0.3) is 0 Å². The molecule has 2 aromatic heterocycles. The smallest absolute Gasteiger partial charge is 0.790 e. The van der Waals surface area contributed by atoms with Crippen LogP contribution in [0.15, 0.2) is 0 Å². The molecule has 12 N–H and O–H groups in total. The van der Waals surface area contributed by atoms with E-state index in [4.69, 9.17) is 34.4 Å². The van der Waals surface area contributed by atoms with Crippen LogP contribution in [0, 0.1) is 0 Å². The molecule has 29 heavy (non-hydrogen) atoms. The third-order valence-electron chi connectivity index (χ3n) is 1.57. The van der Waals surface area contributed by atoms with E-state index in [1.54, 1.807) is 0 Å². The summed E-state index contributed by atoms with van der Waals surface area (Å²) in [5.41, 5.74) is 30.8. The van der Waals surface area contributed by atoms with E-state index in [0.717, 1.165) is 0 Å². The molecule has 0 fully saturated rings. The predicted molar refractivity (Wildman–Crippen MR) is 93.9 cm³/mol. The third-order valence-corrected chi connectivity index (χ3v) is 3.17. The van der Waals surface area contributed by atoms with Crippen molar-refractivity contribution in [3.05, 3.63) is 0 Å². The van der Waals surface area contributed by atoms with Crippen molar-refractivity contribution in [2.75, 3.05) is 34.4 Å². The Morgan fingerprint density at radius 2 is 0.655 bits per heavy atom. The maximum atomic E-state index is 9.32. The summed E-state index contributed by atoms with van der Waals surface area (Å²) in [5.74, 6) is 0.250. The number of nitrogens with two attached hydrogens (primary N) is 6. The van der Waals surface area contributed by atoms with Crippen LogP contribution in [-0.4, -0.2) is 76.0 Å². The van der Waals surface area contributed by atoms with Crippen molar-refractivity contribution >= 4 is 97.4 Å². The van der Waals surface area contributed by atoms with Crippen LogP contribution in [0.25, 0.3) is 0 Å². The van der Waals surface area contributed by atoms with E-state index < -0.39 is 15.6 Å². The first-order valence-corrected chi connectivity index (χ1v) is 8.80. The molecular formula is C6H12Mg2N12O7P2. The van der Waals surface area contributed by atoms with Gasteiger partial charge >= 0.3 is 46.1 Å². The Labute approximate surface area is 194 Å². The van der Waals surface area contributed by atoms with E-state index in [9.17, 15) is 28.7 Å². The maximum absolute atomic E-state index is 9.32. The molecule has 2 rings (SSSR count). The molecule has 0 aromatic carbocycles. The average molecular weight is 475 g/mol. The number of anilines is 6. The number of hydrogen-bond donors (Lipinski definition) is 6. The van der Waals surface area contributed by atoms with Crippen molar-refractivity contribution in [1.29, 1.82) is 0 Å².